The third-order valence-corrected chi connectivity index (χ3v) is 2.65. The molecule has 0 rings (SSSR count). The van der Waals surface area contributed by atoms with E-state index in [0.717, 1.165) is 4.31 Å². The second kappa shape index (κ2) is 4.04. The molecular formula is C6H16N2O2S. The maximum atomic E-state index is 11.0. The fourth-order valence-corrected chi connectivity index (χ4v) is 1.20. The summed E-state index contributed by atoms with van der Waals surface area (Å²) in [6.45, 7) is 4.40. The van der Waals surface area contributed by atoms with Crippen LogP contribution in [0.1, 0.15) is 13.8 Å². The van der Waals surface area contributed by atoms with E-state index < -0.39 is 10.2 Å². The molecule has 0 saturated carbocycles. The van der Waals surface area contributed by atoms with Gasteiger partial charge in [-0.1, -0.05) is 13.8 Å². The highest BCUT2D eigenvalue weighted by Gasteiger charge is 2.11. The highest BCUT2D eigenvalue weighted by atomic mass is 32.2. The molecule has 0 aromatic rings. The Hall–Kier alpha value is -0.130. The fourth-order valence-electron chi connectivity index (χ4n) is 0.401. The predicted octanol–water partition coefficient (Wildman–Crippen LogP) is 0.0384. The van der Waals surface area contributed by atoms with Gasteiger partial charge in [0.25, 0.3) is 10.2 Å². The number of nitrogens with one attached hydrogen (secondary N) is 1. The topological polar surface area (TPSA) is 49.4 Å². The zero-order valence-electron chi connectivity index (χ0n) is 7.46. The molecule has 0 bridgehead atoms. The lowest BCUT2D eigenvalue weighted by Gasteiger charge is -2.13. The summed E-state index contributed by atoms with van der Waals surface area (Å²) >= 11 is 0. The van der Waals surface area contributed by atoms with Crippen molar-refractivity contribution in [2.24, 2.45) is 5.92 Å². The molecule has 0 amide bonds. The lowest BCUT2D eigenvalue weighted by Crippen LogP contribution is -2.37. The van der Waals surface area contributed by atoms with E-state index in [9.17, 15) is 8.42 Å². The maximum Gasteiger partial charge on any atom is 0.278 e. The summed E-state index contributed by atoms with van der Waals surface area (Å²) in [5.74, 6) is 0.338. The third-order valence-electron chi connectivity index (χ3n) is 1.15. The Morgan fingerprint density at radius 1 is 1.36 bits per heavy atom. The molecule has 0 aliphatic heterocycles. The molecule has 0 spiro atoms. The summed E-state index contributed by atoms with van der Waals surface area (Å²) in [5.41, 5.74) is 0. The van der Waals surface area contributed by atoms with Gasteiger partial charge in [0.1, 0.15) is 0 Å². The molecule has 11 heavy (non-hydrogen) atoms. The third kappa shape index (κ3) is 4.34. The van der Waals surface area contributed by atoms with Gasteiger partial charge in [0.15, 0.2) is 0 Å². The monoisotopic (exact) mass is 180 g/mol. The van der Waals surface area contributed by atoms with Gasteiger partial charge in [-0.05, 0) is 5.92 Å². The number of rotatable bonds is 4. The number of hydrogen-bond acceptors (Lipinski definition) is 2. The van der Waals surface area contributed by atoms with Gasteiger partial charge in [0.05, 0.1) is 0 Å². The largest absolute Gasteiger partial charge is 0.278 e. The summed E-state index contributed by atoms with van der Waals surface area (Å²) in [7, 11) is -0.205. The van der Waals surface area contributed by atoms with E-state index in [1.165, 1.54) is 14.1 Å². The van der Waals surface area contributed by atoms with Crippen LogP contribution in [-0.4, -0.2) is 33.4 Å². The van der Waals surface area contributed by atoms with Crippen molar-refractivity contribution in [3.05, 3.63) is 0 Å². The van der Waals surface area contributed by atoms with E-state index in [1.54, 1.807) is 0 Å². The van der Waals surface area contributed by atoms with Crippen LogP contribution in [-0.2, 0) is 10.2 Å². The Bertz CT molecular complexity index is 197. The minimum Gasteiger partial charge on any atom is -0.202 e. The van der Waals surface area contributed by atoms with Crippen LogP contribution in [0.25, 0.3) is 0 Å². The smallest absolute Gasteiger partial charge is 0.202 e. The molecular weight excluding hydrogens is 164 g/mol. The minimum atomic E-state index is -3.21. The van der Waals surface area contributed by atoms with E-state index >= 15 is 0 Å². The van der Waals surface area contributed by atoms with Crippen molar-refractivity contribution in [1.29, 1.82) is 0 Å². The van der Waals surface area contributed by atoms with Crippen LogP contribution >= 0.6 is 0 Å². The predicted molar refractivity (Wildman–Crippen MR) is 45.4 cm³/mol. The van der Waals surface area contributed by atoms with Crippen LogP contribution in [0.2, 0.25) is 0 Å². The van der Waals surface area contributed by atoms with Crippen LogP contribution in [0.4, 0.5) is 0 Å². The van der Waals surface area contributed by atoms with Gasteiger partial charge in [0, 0.05) is 20.6 Å². The normalized spacial score (nSPS) is 12.9. The van der Waals surface area contributed by atoms with Gasteiger partial charge in [-0.2, -0.15) is 12.7 Å². The first-order valence-electron chi connectivity index (χ1n) is 3.53. The van der Waals surface area contributed by atoms with Crippen molar-refractivity contribution in [1.82, 2.24) is 9.03 Å². The van der Waals surface area contributed by atoms with Gasteiger partial charge in [-0.25, -0.2) is 4.72 Å². The molecule has 4 nitrogen and oxygen atoms in total. The van der Waals surface area contributed by atoms with Crippen molar-refractivity contribution >= 4 is 10.2 Å². The number of nitrogens with zero attached hydrogens (tertiary/aromatic N) is 1. The second-order valence-electron chi connectivity index (χ2n) is 3.03. The molecule has 0 fully saturated rings. The summed E-state index contributed by atoms with van der Waals surface area (Å²) in [6, 6.07) is 0. The molecule has 0 aromatic heterocycles. The fraction of sp³-hybridized carbons (Fsp3) is 1.00. The summed E-state index contributed by atoms with van der Waals surface area (Å²) in [5, 5.41) is 0. The Morgan fingerprint density at radius 3 is 2.09 bits per heavy atom. The number of hydrogen-bond donors (Lipinski definition) is 1. The highest BCUT2D eigenvalue weighted by molar-refractivity contribution is 7.87. The van der Waals surface area contributed by atoms with Crippen LogP contribution in [0.3, 0.4) is 0 Å². The quantitative estimate of drug-likeness (QED) is 0.664. The molecule has 0 aromatic carbocycles. The molecule has 5 heteroatoms. The molecule has 1 N–H and O–H groups in total. The zero-order chi connectivity index (χ0) is 9.07. The van der Waals surface area contributed by atoms with E-state index in [2.05, 4.69) is 4.72 Å². The van der Waals surface area contributed by atoms with E-state index in [-0.39, 0.29) is 0 Å². The van der Waals surface area contributed by atoms with Crippen molar-refractivity contribution in [3.63, 3.8) is 0 Å². The first kappa shape index (κ1) is 10.9. The lowest BCUT2D eigenvalue weighted by atomic mass is 10.2. The van der Waals surface area contributed by atoms with Crippen LogP contribution in [0, 0.1) is 5.92 Å². The Morgan fingerprint density at radius 2 is 1.82 bits per heavy atom. The Kier molecular flexibility index (Phi) is 3.99. The van der Waals surface area contributed by atoms with E-state index in [1.807, 2.05) is 13.8 Å². The van der Waals surface area contributed by atoms with Gasteiger partial charge in [-0.15, -0.1) is 0 Å². The Balaban J connectivity index is 3.95. The average Bonchev–Trinajstić information content (AvgIpc) is 1.84. The van der Waals surface area contributed by atoms with Gasteiger partial charge >= 0.3 is 0 Å². The van der Waals surface area contributed by atoms with Crippen molar-refractivity contribution < 1.29 is 8.42 Å². The zero-order valence-corrected chi connectivity index (χ0v) is 8.27. The Labute approximate surface area is 68.8 Å². The first-order chi connectivity index (χ1) is 4.86. The SMILES string of the molecule is CC(C)CNS(=O)(=O)N(C)C. The molecule has 0 radical (unpaired) electrons. The first-order valence-corrected chi connectivity index (χ1v) is 4.97. The van der Waals surface area contributed by atoms with E-state index in [0.29, 0.717) is 12.5 Å². The molecule has 0 unspecified atom stereocenters. The van der Waals surface area contributed by atoms with Crippen molar-refractivity contribution in [2.75, 3.05) is 20.6 Å². The molecule has 0 atom stereocenters. The molecule has 0 saturated heterocycles. The molecule has 68 valence electrons. The van der Waals surface area contributed by atoms with Crippen molar-refractivity contribution in [2.45, 2.75) is 13.8 Å². The molecule has 0 aliphatic rings. The van der Waals surface area contributed by atoms with Crippen LogP contribution < -0.4 is 4.72 Å². The summed E-state index contributed by atoms with van der Waals surface area (Å²) in [6.07, 6.45) is 0. The minimum absolute atomic E-state index is 0.338. The van der Waals surface area contributed by atoms with Gasteiger partial charge in [0.2, 0.25) is 0 Å². The van der Waals surface area contributed by atoms with Crippen LogP contribution in [0.15, 0.2) is 0 Å². The molecule has 0 aliphatic carbocycles. The molecule has 0 heterocycles. The van der Waals surface area contributed by atoms with Crippen molar-refractivity contribution in [3.8, 4) is 0 Å². The highest BCUT2D eigenvalue weighted by Crippen LogP contribution is 1.92. The summed E-state index contributed by atoms with van der Waals surface area (Å²) < 4.78 is 25.7. The second-order valence-corrected chi connectivity index (χ2v) is 5.00. The van der Waals surface area contributed by atoms with Crippen LogP contribution in [0.5, 0.6) is 0 Å². The standard InChI is InChI=1S/C6H16N2O2S/c1-6(2)5-7-11(9,10)8(3)4/h6-7H,5H2,1-4H3. The van der Waals surface area contributed by atoms with Gasteiger partial charge < -0.3 is 0 Å². The van der Waals surface area contributed by atoms with E-state index in [4.69, 9.17) is 0 Å². The maximum absolute atomic E-state index is 11.0. The lowest BCUT2D eigenvalue weighted by molar-refractivity contribution is 0.494. The average molecular weight is 180 g/mol. The van der Waals surface area contributed by atoms with Gasteiger partial charge in [-0.3, -0.25) is 0 Å². The summed E-state index contributed by atoms with van der Waals surface area (Å²) in [4.78, 5) is 0.